The summed E-state index contributed by atoms with van der Waals surface area (Å²) in [4.78, 5) is 29.2. The van der Waals surface area contributed by atoms with Crippen LogP contribution in [0.3, 0.4) is 0 Å². The first kappa shape index (κ1) is 31.8. The molecule has 1 aromatic carbocycles. The van der Waals surface area contributed by atoms with Crippen LogP contribution in [0.5, 0.6) is 0 Å². The quantitative estimate of drug-likeness (QED) is 0.251. The molecule has 0 radical (unpaired) electrons. The summed E-state index contributed by atoms with van der Waals surface area (Å²) in [6.45, 7) is 21.1. The van der Waals surface area contributed by atoms with Crippen LogP contribution in [-0.2, 0) is 0 Å². The summed E-state index contributed by atoms with van der Waals surface area (Å²) in [5, 5.41) is 3.38. The number of pyridine rings is 1. The molecule has 1 aliphatic rings. The molecule has 0 aliphatic carbocycles. The third-order valence-electron chi connectivity index (χ3n) is 6.73. The molecule has 1 aliphatic heterocycles. The molecule has 40 heavy (non-hydrogen) atoms. The molecular formula is C35H43N3O2. The van der Waals surface area contributed by atoms with Crippen molar-refractivity contribution in [2.45, 2.75) is 40.5 Å². The summed E-state index contributed by atoms with van der Waals surface area (Å²) in [7, 11) is 0. The molecule has 1 fully saturated rings. The molecule has 2 heterocycles. The normalized spacial score (nSPS) is 14.8. The zero-order chi connectivity index (χ0) is 29.5. The predicted molar refractivity (Wildman–Crippen MR) is 171 cm³/mol. The number of amides is 1. The summed E-state index contributed by atoms with van der Waals surface area (Å²) in [6.07, 6.45) is 17.1. The first-order valence-electron chi connectivity index (χ1n) is 13.7. The van der Waals surface area contributed by atoms with E-state index in [4.69, 9.17) is 0 Å². The maximum absolute atomic E-state index is 13.0. The Hall–Kier alpha value is -4.38. The number of nitrogens with zero attached hydrogens (tertiary/aromatic N) is 1. The highest BCUT2D eigenvalue weighted by Gasteiger charge is 2.24. The first-order chi connectivity index (χ1) is 19.2. The molecule has 0 saturated carbocycles. The highest BCUT2D eigenvalue weighted by Crippen LogP contribution is 2.27. The number of aromatic amines is 1. The third-order valence-corrected chi connectivity index (χ3v) is 6.73. The van der Waals surface area contributed by atoms with Crippen LogP contribution in [0.1, 0.15) is 56.5 Å². The third kappa shape index (κ3) is 9.73. The van der Waals surface area contributed by atoms with Gasteiger partial charge in [0.25, 0.3) is 5.91 Å². The smallest absolute Gasteiger partial charge is 0.253 e. The largest absolute Gasteiger partial charge is 0.355 e. The Bertz CT molecular complexity index is 1340. The van der Waals surface area contributed by atoms with Crippen LogP contribution >= 0.6 is 0 Å². The van der Waals surface area contributed by atoms with Crippen LogP contribution < -0.4 is 10.9 Å². The van der Waals surface area contributed by atoms with E-state index in [2.05, 4.69) is 30.0 Å². The minimum absolute atomic E-state index is 0.0555. The monoisotopic (exact) mass is 537 g/mol. The van der Waals surface area contributed by atoms with E-state index in [1.807, 2.05) is 99.4 Å². The molecule has 0 unspecified atom stereocenters. The van der Waals surface area contributed by atoms with Crippen molar-refractivity contribution >= 4 is 17.2 Å². The fraction of sp³-hybridized carbons (Fsp3) is 0.257. The number of likely N-dealkylation sites (tertiary alicyclic amines) is 1. The van der Waals surface area contributed by atoms with Gasteiger partial charge in [0, 0.05) is 42.3 Å². The molecule has 3 rings (SSSR count). The number of benzene rings is 1. The maximum atomic E-state index is 13.0. The zero-order valence-electron chi connectivity index (χ0n) is 24.4. The number of anilines is 1. The number of aromatic nitrogens is 1. The van der Waals surface area contributed by atoms with Crippen molar-refractivity contribution in [2.24, 2.45) is 5.92 Å². The average Bonchev–Trinajstić information content (AvgIpc) is 2.98. The number of carbonyl (C=O) groups excluding carboxylic acids is 1. The first-order valence-corrected chi connectivity index (χ1v) is 13.7. The number of H-pyrrole nitrogens is 1. The van der Waals surface area contributed by atoms with Crippen molar-refractivity contribution in [1.29, 1.82) is 0 Å². The average molecular weight is 538 g/mol. The topological polar surface area (TPSA) is 65.2 Å². The number of carbonyl (C=O) groups is 1. The van der Waals surface area contributed by atoms with Crippen molar-refractivity contribution in [3.8, 4) is 0 Å². The lowest BCUT2D eigenvalue weighted by Gasteiger charge is -2.32. The molecule has 2 aromatic rings. The Balaban J connectivity index is 0.00000131. The second-order valence-electron chi connectivity index (χ2n) is 9.69. The van der Waals surface area contributed by atoms with E-state index in [9.17, 15) is 9.59 Å². The lowest BCUT2D eigenvalue weighted by Crippen LogP contribution is -2.38. The van der Waals surface area contributed by atoms with Gasteiger partial charge in [-0.3, -0.25) is 9.59 Å². The minimum atomic E-state index is -0.132. The molecule has 0 spiro atoms. The molecule has 0 bridgehead atoms. The number of nitrogens with one attached hydrogen (secondary N) is 2. The Kier molecular flexibility index (Phi) is 13.2. The minimum Gasteiger partial charge on any atom is -0.355 e. The summed E-state index contributed by atoms with van der Waals surface area (Å²) in [5.41, 5.74) is 6.15. The van der Waals surface area contributed by atoms with Gasteiger partial charge in [-0.25, -0.2) is 0 Å². The van der Waals surface area contributed by atoms with Crippen LogP contribution in [0.4, 0.5) is 5.69 Å². The summed E-state index contributed by atoms with van der Waals surface area (Å²) < 4.78 is 0. The molecule has 1 aromatic heterocycles. The fourth-order valence-electron chi connectivity index (χ4n) is 4.24. The van der Waals surface area contributed by atoms with E-state index < -0.39 is 0 Å². The van der Waals surface area contributed by atoms with Crippen LogP contribution in [0.2, 0.25) is 0 Å². The van der Waals surface area contributed by atoms with E-state index in [1.54, 1.807) is 18.3 Å². The molecule has 1 saturated heterocycles. The van der Waals surface area contributed by atoms with Gasteiger partial charge in [-0.1, -0.05) is 56.2 Å². The van der Waals surface area contributed by atoms with E-state index in [0.717, 1.165) is 54.0 Å². The Labute approximate surface area is 239 Å². The number of piperidine rings is 1. The van der Waals surface area contributed by atoms with Crippen molar-refractivity contribution in [2.75, 3.05) is 18.4 Å². The van der Waals surface area contributed by atoms with Crippen molar-refractivity contribution in [3.05, 3.63) is 143 Å². The molecule has 0 atom stereocenters. The number of hydrogen-bond acceptors (Lipinski definition) is 3. The summed E-state index contributed by atoms with van der Waals surface area (Å²) in [5.74, 6) is 0.476. The molecule has 5 nitrogen and oxygen atoms in total. The Morgan fingerprint density at radius 2 is 1.62 bits per heavy atom. The maximum Gasteiger partial charge on any atom is 0.253 e. The standard InChI is InChI=1S/C31H35N3O2.C4H8/c1-6-8-24(7-2)25-16-19-34(20-17-25)31(36)26-10-12-28(13-11-26)33-29(22(3)4)14-9-23(5)27-15-18-32-30(35)21-27;1-3-4-2/h6-15,18,21,25,33H,1-3,16-17,19-20H2,4-5H3,(H,32,35);3-4H,1-2H3/b23-9+,24-8+,29-14+;4-3-. The molecule has 2 N–H and O–H groups in total. The highest BCUT2D eigenvalue weighted by molar-refractivity contribution is 5.94. The SMILES string of the molecule is C/C=C\C.C=C/C=C(\C=C)C1CCN(C(=O)c2ccc(N/C(=C/C=C(\C)c3cc[nH]c(=O)c3)C(=C)C)cc2)CC1. The second-order valence-corrected chi connectivity index (χ2v) is 9.69. The Morgan fingerprint density at radius 3 is 2.15 bits per heavy atom. The van der Waals surface area contributed by atoms with Crippen LogP contribution in [0.15, 0.2) is 127 Å². The van der Waals surface area contributed by atoms with Crippen molar-refractivity contribution in [1.82, 2.24) is 9.88 Å². The van der Waals surface area contributed by atoms with Gasteiger partial charge in [-0.15, -0.1) is 0 Å². The predicted octanol–water partition coefficient (Wildman–Crippen LogP) is 8.08. The van der Waals surface area contributed by atoms with E-state index in [1.165, 1.54) is 5.57 Å². The van der Waals surface area contributed by atoms with Gasteiger partial charge in [0.2, 0.25) is 5.56 Å². The molecule has 5 heteroatoms. The zero-order valence-corrected chi connectivity index (χ0v) is 24.4. The lowest BCUT2D eigenvalue weighted by atomic mass is 9.88. The van der Waals surface area contributed by atoms with Gasteiger partial charge in [-0.2, -0.15) is 0 Å². The molecule has 210 valence electrons. The Morgan fingerprint density at radius 1 is 0.975 bits per heavy atom. The molecule has 1 amide bonds. The van der Waals surface area contributed by atoms with Gasteiger partial charge in [0.1, 0.15) is 0 Å². The number of rotatable bonds is 9. The number of hydrogen-bond donors (Lipinski definition) is 2. The summed E-state index contributed by atoms with van der Waals surface area (Å²) in [6, 6.07) is 11.0. The highest BCUT2D eigenvalue weighted by atomic mass is 16.2. The van der Waals surface area contributed by atoms with Gasteiger partial charge in [0.05, 0.1) is 0 Å². The fourth-order valence-corrected chi connectivity index (χ4v) is 4.24. The van der Waals surface area contributed by atoms with Gasteiger partial charge >= 0.3 is 0 Å². The summed E-state index contributed by atoms with van der Waals surface area (Å²) >= 11 is 0. The number of allylic oxidation sites excluding steroid dienone is 10. The second kappa shape index (κ2) is 16.6. The van der Waals surface area contributed by atoms with Gasteiger partial charge in [-0.05, 0) is 105 Å². The van der Waals surface area contributed by atoms with Crippen molar-refractivity contribution < 1.29 is 4.79 Å². The lowest BCUT2D eigenvalue weighted by molar-refractivity contribution is 0.0703. The van der Waals surface area contributed by atoms with Crippen LogP contribution in [0, 0.1) is 5.92 Å². The van der Waals surface area contributed by atoms with E-state index in [-0.39, 0.29) is 11.5 Å². The molecular weight excluding hydrogens is 494 g/mol. The van der Waals surface area contributed by atoms with Crippen LogP contribution in [-0.4, -0.2) is 28.9 Å². The van der Waals surface area contributed by atoms with Gasteiger partial charge < -0.3 is 15.2 Å². The van der Waals surface area contributed by atoms with E-state index in [0.29, 0.717) is 11.5 Å². The van der Waals surface area contributed by atoms with Crippen LogP contribution in [0.25, 0.3) is 5.57 Å². The van der Waals surface area contributed by atoms with Gasteiger partial charge in [0.15, 0.2) is 0 Å². The van der Waals surface area contributed by atoms with E-state index >= 15 is 0 Å². The van der Waals surface area contributed by atoms with Crippen molar-refractivity contribution in [3.63, 3.8) is 0 Å².